The Kier molecular flexibility index (Phi) is 5.58. The van der Waals surface area contributed by atoms with Gasteiger partial charge in [-0.3, -0.25) is 9.78 Å². The van der Waals surface area contributed by atoms with Crippen LogP contribution in [0.2, 0.25) is 0 Å². The predicted octanol–water partition coefficient (Wildman–Crippen LogP) is 4.62. The number of ether oxygens (including phenoxy) is 1. The van der Waals surface area contributed by atoms with E-state index in [1.165, 1.54) is 29.6 Å². The van der Waals surface area contributed by atoms with Crippen molar-refractivity contribution in [1.29, 1.82) is 0 Å². The highest BCUT2D eigenvalue weighted by Gasteiger charge is 2.57. The molecule has 4 aliphatic carbocycles. The second-order valence-electron chi connectivity index (χ2n) is 10.9. The molecule has 0 radical (unpaired) electrons. The van der Waals surface area contributed by atoms with Gasteiger partial charge in [-0.05, 0) is 84.3 Å². The lowest BCUT2D eigenvalue weighted by atomic mass is 9.47. The van der Waals surface area contributed by atoms with Gasteiger partial charge in [0, 0.05) is 18.8 Å². The zero-order valence-electron chi connectivity index (χ0n) is 19.7. The van der Waals surface area contributed by atoms with Gasteiger partial charge in [-0.2, -0.15) is 0 Å². The van der Waals surface area contributed by atoms with Gasteiger partial charge >= 0.3 is 6.09 Å². The van der Waals surface area contributed by atoms with Crippen LogP contribution in [0.5, 0.6) is 0 Å². The molecule has 1 aromatic rings. The maximum Gasteiger partial charge on any atom is 0.407 e. The normalized spacial score (nSPS) is 37.0. The van der Waals surface area contributed by atoms with Gasteiger partial charge in [0.2, 0.25) is 5.91 Å². The SMILES string of the molecule is C[C@]12CC[C@H](OC(=O)NCC(N)=O)CC1=CC[C@@H]1[C@@H]2CC[C@]2(C)C(c3cccnc3)=CC[C@@H]12. The molecule has 1 heterocycles. The van der Waals surface area contributed by atoms with Crippen LogP contribution in [0.4, 0.5) is 4.79 Å². The molecule has 6 heteroatoms. The Labute approximate surface area is 196 Å². The van der Waals surface area contributed by atoms with E-state index >= 15 is 0 Å². The third-order valence-electron chi connectivity index (χ3n) is 9.29. The summed E-state index contributed by atoms with van der Waals surface area (Å²) in [7, 11) is 0. The molecule has 5 rings (SSSR count). The monoisotopic (exact) mass is 449 g/mol. The molecule has 1 aromatic heterocycles. The van der Waals surface area contributed by atoms with Crippen molar-refractivity contribution in [2.24, 2.45) is 34.3 Å². The number of hydrogen-bond acceptors (Lipinski definition) is 4. The zero-order valence-corrected chi connectivity index (χ0v) is 19.7. The number of rotatable bonds is 4. The molecule has 0 unspecified atom stereocenters. The van der Waals surface area contributed by atoms with Crippen LogP contribution in [0, 0.1) is 28.6 Å². The van der Waals surface area contributed by atoms with Gasteiger partial charge in [-0.15, -0.1) is 0 Å². The minimum absolute atomic E-state index is 0.132. The van der Waals surface area contributed by atoms with Crippen LogP contribution in [-0.2, 0) is 9.53 Å². The maximum absolute atomic E-state index is 12.0. The van der Waals surface area contributed by atoms with E-state index in [9.17, 15) is 9.59 Å². The molecule has 6 atom stereocenters. The summed E-state index contributed by atoms with van der Waals surface area (Å²) in [5.41, 5.74) is 9.76. The molecule has 6 nitrogen and oxygen atoms in total. The van der Waals surface area contributed by atoms with Crippen LogP contribution >= 0.6 is 0 Å². The van der Waals surface area contributed by atoms with Crippen molar-refractivity contribution in [2.75, 3.05) is 6.54 Å². The first kappa shape index (κ1) is 22.2. The molecule has 2 fully saturated rings. The first-order valence-electron chi connectivity index (χ1n) is 12.3. The van der Waals surface area contributed by atoms with E-state index in [2.05, 4.69) is 42.4 Å². The maximum atomic E-state index is 12.0. The van der Waals surface area contributed by atoms with E-state index in [0.29, 0.717) is 17.8 Å². The average Bonchev–Trinajstić information content (AvgIpc) is 3.16. The molecule has 0 aromatic carbocycles. The Morgan fingerprint density at radius 3 is 2.73 bits per heavy atom. The minimum atomic E-state index is -0.568. The van der Waals surface area contributed by atoms with Crippen LogP contribution < -0.4 is 11.1 Å². The van der Waals surface area contributed by atoms with Crippen molar-refractivity contribution < 1.29 is 14.3 Å². The Morgan fingerprint density at radius 2 is 1.97 bits per heavy atom. The third kappa shape index (κ3) is 3.77. The van der Waals surface area contributed by atoms with Gasteiger partial charge in [-0.1, -0.05) is 37.6 Å². The van der Waals surface area contributed by atoms with Crippen molar-refractivity contribution in [1.82, 2.24) is 10.3 Å². The highest BCUT2D eigenvalue weighted by atomic mass is 16.6. The molecule has 176 valence electrons. The van der Waals surface area contributed by atoms with Crippen molar-refractivity contribution in [3.63, 3.8) is 0 Å². The number of pyridine rings is 1. The number of aromatic nitrogens is 1. The first-order valence-corrected chi connectivity index (χ1v) is 12.3. The lowest BCUT2D eigenvalue weighted by Gasteiger charge is -2.57. The summed E-state index contributed by atoms with van der Waals surface area (Å²) in [5, 5.41) is 2.44. The van der Waals surface area contributed by atoms with E-state index in [0.717, 1.165) is 32.1 Å². The van der Waals surface area contributed by atoms with Crippen LogP contribution in [0.1, 0.15) is 64.4 Å². The van der Waals surface area contributed by atoms with Crippen molar-refractivity contribution in [3.05, 3.63) is 47.8 Å². The lowest BCUT2D eigenvalue weighted by Crippen LogP contribution is -2.50. The number of nitrogens with one attached hydrogen (secondary N) is 1. The molecule has 3 N–H and O–H groups in total. The molecule has 4 aliphatic rings. The summed E-state index contributed by atoms with van der Waals surface area (Å²) in [6.07, 6.45) is 15.6. The summed E-state index contributed by atoms with van der Waals surface area (Å²) in [4.78, 5) is 27.3. The van der Waals surface area contributed by atoms with Gasteiger partial charge in [-0.25, -0.2) is 4.79 Å². The second kappa shape index (κ2) is 8.30. The third-order valence-corrected chi connectivity index (χ3v) is 9.29. The molecule has 33 heavy (non-hydrogen) atoms. The van der Waals surface area contributed by atoms with Crippen molar-refractivity contribution >= 4 is 17.6 Å². The van der Waals surface area contributed by atoms with E-state index in [-0.39, 0.29) is 23.5 Å². The topological polar surface area (TPSA) is 94.3 Å². The minimum Gasteiger partial charge on any atom is -0.446 e. The molecule has 2 amide bonds. The van der Waals surface area contributed by atoms with Gasteiger partial charge in [0.25, 0.3) is 0 Å². The number of nitrogens with two attached hydrogens (primary N) is 1. The Balaban J connectivity index is 1.30. The highest BCUT2D eigenvalue weighted by molar-refractivity contribution is 5.80. The van der Waals surface area contributed by atoms with Crippen molar-refractivity contribution in [2.45, 2.75) is 64.9 Å². The van der Waals surface area contributed by atoms with Crippen LogP contribution in [0.25, 0.3) is 5.57 Å². The largest absolute Gasteiger partial charge is 0.446 e. The van der Waals surface area contributed by atoms with Gasteiger partial charge in [0.15, 0.2) is 0 Å². The van der Waals surface area contributed by atoms with E-state index in [1.807, 2.05) is 18.5 Å². The number of carbonyl (C=O) groups excluding carboxylic acids is 2. The van der Waals surface area contributed by atoms with E-state index in [1.54, 1.807) is 0 Å². The highest BCUT2D eigenvalue weighted by Crippen LogP contribution is 2.66. The second-order valence-corrected chi connectivity index (χ2v) is 10.9. The van der Waals surface area contributed by atoms with Crippen LogP contribution in [-0.4, -0.2) is 29.6 Å². The molecule has 0 aliphatic heterocycles. The van der Waals surface area contributed by atoms with Gasteiger partial charge < -0.3 is 15.8 Å². The number of fused-ring (bicyclic) bond motifs is 5. The number of amides is 2. The smallest absolute Gasteiger partial charge is 0.407 e. The summed E-state index contributed by atoms with van der Waals surface area (Å²) in [5.74, 6) is 1.48. The molecule has 2 saturated carbocycles. The van der Waals surface area contributed by atoms with Crippen LogP contribution in [0.3, 0.4) is 0 Å². The zero-order chi connectivity index (χ0) is 23.2. The van der Waals surface area contributed by atoms with E-state index in [4.69, 9.17) is 10.5 Å². The Morgan fingerprint density at radius 1 is 1.15 bits per heavy atom. The number of hydrogen-bond donors (Lipinski definition) is 2. The first-order chi connectivity index (χ1) is 15.8. The summed E-state index contributed by atoms with van der Waals surface area (Å²) in [6.45, 7) is 4.74. The average molecular weight is 450 g/mol. The lowest BCUT2D eigenvalue weighted by molar-refractivity contribution is -0.117. The van der Waals surface area contributed by atoms with E-state index < -0.39 is 12.0 Å². The number of primary amides is 1. The number of alkyl carbamates (subject to hydrolysis) is 1. The predicted molar refractivity (Wildman–Crippen MR) is 127 cm³/mol. The summed E-state index contributed by atoms with van der Waals surface area (Å²) in [6, 6.07) is 4.25. The standard InChI is InChI=1S/C27H35N3O3/c1-26-11-9-19(33-25(32)30-16-24(28)31)14-18(26)5-6-20-22-8-7-21(17-4-3-13-29-15-17)27(22,2)12-10-23(20)26/h3-5,7,13,15,19-20,22-23H,6,8-12,14,16H2,1-2H3,(H2,28,31)(H,30,32)/t19-,20-,22-,23-,26-,27+/m0/s1. The number of nitrogens with zero attached hydrogens (tertiary/aromatic N) is 1. The molecule has 0 saturated heterocycles. The van der Waals surface area contributed by atoms with Gasteiger partial charge in [0.05, 0.1) is 6.54 Å². The summed E-state index contributed by atoms with van der Waals surface area (Å²) < 4.78 is 5.61. The Hall–Kier alpha value is -2.63. The molecule has 0 bridgehead atoms. The Bertz CT molecular complexity index is 1000. The summed E-state index contributed by atoms with van der Waals surface area (Å²) >= 11 is 0. The fourth-order valence-corrected chi connectivity index (χ4v) is 7.62. The fourth-order valence-electron chi connectivity index (χ4n) is 7.62. The fraction of sp³-hybridized carbons (Fsp3) is 0.593. The molecular formula is C27H35N3O3. The van der Waals surface area contributed by atoms with Gasteiger partial charge in [0.1, 0.15) is 6.10 Å². The van der Waals surface area contributed by atoms with Crippen molar-refractivity contribution in [3.8, 4) is 0 Å². The number of allylic oxidation sites excluding steroid dienone is 3. The number of carbonyl (C=O) groups is 2. The van der Waals surface area contributed by atoms with Crippen LogP contribution in [0.15, 0.2) is 42.3 Å². The quantitative estimate of drug-likeness (QED) is 0.656. The molecular weight excluding hydrogens is 414 g/mol. The molecule has 0 spiro atoms.